The summed E-state index contributed by atoms with van der Waals surface area (Å²) >= 11 is 3.87. The van der Waals surface area contributed by atoms with Crippen molar-refractivity contribution in [3.05, 3.63) is 12.7 Å². The lowest BCUT2D eigenvalue weighted by atomic mass is 10.3. The zero-order valence-corrected chi connectivity index (χ0v) is 9.29. The summed E-state index contributed by atoms with van der Waals surface area (Å²) in [7, 11) is 3.21. The molecule has 0 bridgehead atoms. The molecule has 0 saturated heterocycles. The molecule has 0 amide bonds. The summed E-state index contributed by atoms with van der Waals surface area (Å²) in [6, 6.07) is 0. The summed E-state index contributed by atoms with van der Waals surface area (Å²) in [6.07, 6.45) is 3.06. The third kappa shape index (κ3) is 14.5. The number of aldehydes is 1. The number of allylic oxidation sites excluding steroid dienone is 1. The van der Waals surface area contributed by atoms with Crippen LogP contribution in [0.1, 0.15) is 13.3 Å². The molecule has 0 heterocycles. The molecule has 0 aromatic heterocycles. The Bertz CT molecular complexity index is 124. The van der Waals surface area contributed by atoms with Crippen molar-refractivity contribution in [1.29, 1.82) is 0 Å². The van der Waals surface area contributed by atoms with Crippen LogP contribution in [0, 0.1) is 0 Å². The van der Waals surface area contributed by atoms with Crippen molar-refractivity contribution in [2.45, 2.75) is 24.9 Å². The van der Waals surface area contributed by atoms with Crippen molar-refractivity contribution in [2.75, 3.05) is 14.2 Å². The quantitative estimate of drug-likeness (QED) is 0.322. The standard InChI is InChI=1S/C5H8OS.C4H10O2/c1-2-3-5(7)4-6;1-4(5-2)6-3/h2,4-5,7H,1,3H2;4H,1-3H3. The molecule has 3 nitrogen and oxygen atoms in total. The van der Waals surface area contributed by atoms with E-state index in [9.17, 15) is 4.79 Å². The Hall–Kier alpha value is -0.320. The zero-order chi connectivity index (χ0) is 10.7. The molecule has 1 unspecified atom stereocenters. The first-order valence-corrected chi connectivity index (χ1v) is 4.43. The topological polar surface area (TPSA) is 35.5 Å². The molecule has 0 radical (unpaired) electrons. The lowest BCUT2D eigenvalue weighted by Crippen LogP contribution is -2.05. The summed E-state index contributed by atoms with van der Waals surface area (Å²) in [6.45, 7) is 5.27. The Balaban J connectivity index is 0. The van der Waals surface area contributed by atoms with Gasteiger partial charge >= 0.3 is 0 Å². The van der Waals surface area contributed by atoms with Crippen LogP contribution in [0.15, 0.2) is 12.7 Å². The highest BCUT2D eigenvalue weighted by Crippen LogP contribution is 1.95. The molecule has 0 aliphatic heterocycles. The largest absolute Gasteiger partial charge is 0.356 e. The van der Waals surface area contributed by atoms with Crippen molar-refractivity contribution >= 4 is 18.9 Å². The molecule has 0 saturated carbocycles. The Morgan fingerprint density at radius 3 is 2.00 bits per heavy atom. The minimum Gasteiger partial charge on any atom is -0.356 e. The van der Waals surface area contributed by atoms with Crippen molar-refractivity contribution in [3.63, 3.8) is 0 Å². The highest BCUT2D eigenvalue weighted by molar-refractivity contribution is 7.81. The van der Waals surface area contributed by atoms with Gasteiger partial charge in [0.15, 0.2) is 6.29 Å². The number of methoxy groups -OCH3 is 2. The van der Waals surface area contributed by atoms with Gasteiger partial charge < -0.3 is 14.3 Å². The fourth-order valence-electron chi connectivity index (χ4n) is 0.323. The summed E-state index contributed by atoms with van der Waals surface area (Å²) in [5.74, 6) is 0. The van der Waals surface area contributed by atoms with Gasteiger partial charge in [0.1, 0.15) is 6.29 Å². The predicted octanol–water partition coefficient (Wildman–Crippen LogP) is 1.69. The van der Waals surface area contributed by atoms with Crippen LogP contribution in [0.5, 0.6) is 0 Å². The molecular formula is C9H18O3S. The van der Waals surface area contributed by atoms with Crippen LogP contribution in [0.3, 0.4) is 0 Å². The van der Waals surface area contributed by atoms with E-state index in [1.807, 2.05) is 6.92 Å². The first kappa shape index (κ1) is 15.2. The van der Waals surface area contributed by atoms with Crippen LogP contribution < -0.4 is 0 Å². The summed E-state index contributed by atoms with van der Waals surface area (Å²) in [5, 5.41) is -0.155. The van der Waals surface area contributed by atoms with E-state index < -0.39 is 0 Å². The molecule has 0 aliphatic rings. The molecule has 0 spiro atoms. The van der Waals surface area contributed by atoms with Crippen LogP contribution >= 0.6 is 12.6 Å². The van der Waals surface area contributed by atoms with Crippen molar-refractivity contribution in [1.82, 2.24) is 0 Å². The second-order valence-electron chi connectivity index (χ2n) is 2.27. The fourth-order valence-corrected chi connectivity index (χ4v) is 0.472. The van der Waals surface area contributed by atoms with Crippen LogP contribution in [0.25, 0.3) is 0 Å². The van der Waals surface area contributed by atoms with Gasteiger partial charge in [-0.1, -0.05) is 6.08 Å². The summed E-state index contributed by atoms with van der Waals surface area (Å²) in [4.78, 5) is 9.77. The van der Waals surface area contributed by atoms with E-state index in [4.69, 9.17) is 0 Å². The third-order valence-electron chi connectivity index (χ3n) is 1.23. The number of thiol groups is 1. The maximum atomic E-state index is 9.77. The van der Waals surface area contributed by atoms with Gasteiger partial charge in [0.25, 0.3) is 0 Å². The van der Waals surface area contributed by atoms with Gasteiger partial charge in [0.05, 0.1) is 5.25 Å². The van der Waals surface area contributed by atoms with Gasteiger partial charge in [-0.25, -0.2) is 0 Å². The molecule has 0 fully saturated rings. The predicted molar refractivity (Wildman–Crippen MR) is 57.1 cm³/mol. The molecule has 0 aromatic carbocycles. The SMILES string of the molecule is C=CCC(S)C=O.COC(C)OC. The van der Waals surface area contributed by atoms with E-state index in [2.05, 4.69) is 28.7 Å². The number of carbonyl (C=O) groups is 1. The lowest BCUT2D eigenvalue weighted by Gasteiger charge is -2.03. The van der Waals surface area contributed by atoms with Crippen LogP contribution in [-0.4, -0.2) is 32.0 Å². The van der Waals surface area contributed by atoms with Crippen LogP contribution in [0.4, 0.5) is 0 Å². The highest BCUT2D eigenvalue weighted by Gasteiger charge is 1.92. The summed E-state index contributed by atoms with van der Waals surface area (Å²) < 4.78 is 9.35. The number of ether oxygens (including phenoxy) is 2. The highest BCUT2D eigenvalue weighted by atomic mass is 32.1. The molecule has 0 N–H and O–H groups in total. The van der Waals surface area contributed by atoms with Crippen LogP contribution in [0.2, 0.25) is 0 Å². The van der Waals surface area contributed by atoms with E-state index in [0.717, 1.165) is 6.29 Å². The smallest absolute Gasteiger partial charge is 0.154 e. The lowest BCUT2D eigenvalue weighted by molar-refractivity contribution is -0.107. The minimum absolute atomic E-state index is 0.0648. The first-order valence-electron chi connectivity index (χ1n) is 3.92. The fraction of sp³-hybridized carbons (Fsp3) is 0.667. The average Bonchev–Trinajstić information content (AvgIpc) is 2.18. The number of hydrogen-bond donors (Lipinski definition) is 1. The Labute approximate surface area is 85.5 Å². The number of carbonyl (C=O) groups excluding carboxylic acids is 1. The molecule has 4 heteroatoms. The van der Waals surface area contributed by atoms with Gasteiger partial charge in [-0.3, -0.25) is 0 Å². The third-order valence-corrected chi connectivity index (χ3v) is 1.56. The normalized spacial score (nSPS) is 11.5. The molecular weight excluding hydrogens is 188 g/mol. The van der Waals surface area contributed by atoms with E-state index in [-0.39, 0.29) is 11.5 Å². The second kappa shape index (κ2) is 11.7. The van der Waals surface area contributed by atoms with Crippen LogP contribution in [-0.2, 0) is 14.3 Å². The van der Waals surface area contributed by atoms with Crippen molar-refractivity contribution < 1.29 is 14.3 Å². The monoisotopic (exact) mass is 206 g/mol. The van der Waals surface area contributed by atoms with Gasteiger partial charge in [0, 0.05) is 14.2 Å². The minimum atomic E-state index is -0.155. The van der Waals surface area contributed by atoms with E-state index in [0.29, 0.717) is 6.42 Å². The summed E-state index contributed by atoms with van der Waals surface area (Å²) in [5.41, 5.74) is 0. The maximum absolute atomic E-state index is 9.77. The van der Waals surface area contributed by atoms with E-state index in [1.165, 1.54) is 0 Å². The Morgan fingerprint density at radius 2 is 1.92 bits per heavy atom. The van der Waals surface area contributed by atoms with E-state index >= 15 is 0 Å². The Kier molecular flexibility index (Phi) is 13.6. The van der Waals surface area contributed by atoms with Gasteiger partial charge in [0.2, 0.25) is 0 Å². The molecule has 1 atom stereocenters. The first-order chi connectivity index (χ1) is 6.12. The molecule has 13 heavy (non-hydrogen) atoms. The molecule has 0 rings (SSSR count). The average molecular weight is 206 g/mol. The molecule has 78 valence electrons. The van der Waals surface area contributed by atoms with E-state index in [1.54, 1.807) is 20.3 Å². The van der Waals surface area contributed by atoms with Crippen molar-refractivity contribution in [2.24, 2.45) is 0 Å². The van der Waals surface area contributed by atoms with Gasteiger partial charge in [-0.2, -0.15) is 12.6 Å². The molecule has 0 aliphatic carbocycles. The number of rotatable bonds is 5. The number of hydrogen-bond acceptors (Lipinski definition) is 4. The Morgan fingerprint density at radius 1 is 1.46 bits per heavy atom. The zero-order valence-electron chi connectivity index (χ0n) is 8.40. The van der Waals surface area contributed by atoms with Gasteiger partial charge in [-0.05, 0) is 13.3 Å². The second-order valence-corrected chi connectivity index (χ2v) is 2.93. The molecule has 0 aromatic rings. The maximum Gasteiger partial charge on any atom is 0.154 e. The van der Waals surface area contributed by atoms with Gasteiger partial charge in [-0.15, -0.1) is 6.58 Å². The van der Waals surface area contributed by atoms with Crippen molar-refractivity contribution in [3.8, 4) is 0 Å².